The van der Waals surface area contributed by atoms with Gasteiger partial charge in [0.25, 0.3) is 0 Å². The predicted molar refractivity (Wildman–Crippen MR) is 37.5 cm³/mol. The summed E-state index contributed by atoms with van der Waals surface area (Å²) in [5.74, 6) is 0. The molecule has 0 saturated carbocycles. The molecule has 0 aromatic carbocycles. The largest absolute Gasteiger partial charge is 0.377 e. The molecule has 0 aromatic heterocycles. The van der Waals surface area contributed by atoms with E-state index < -0.39 is 0 Å². The van der Waals surface area contributed by atoms with E-state index in [4.69, 9.17) is 4.74 Å². The van der Waals surface area contributed by atoms with E-state index >= 15 is 0 Å². The zero-order valence-electron chi connectivity index (χ0n) is 6.26. The maximum Gasteiger partial charge on any atom is 0.0673 e. The fraction of sp³-hybridized carbons (Fsp3) is 1.00. The molecule has 0 aliphatic carbocycles. The van der Waals surface area contributed by atoms with Gasteiger partial charge in [0.2, 0.25) is 0 Å². The van der Waals surface area contributed by atoms with E-state index in [2.05, 4.69) is 18.9 Å². The van der Waals surface area contributed by atoms with E-state index in [1.165, 1.54) is 13.0 Å². The Labute approximate surface area is 56.8 Å². The molecule has 54 valence electrons. The average Bonchev–Trinajstić information content (AvgIpc) is 1.93. The second-order valence-corrected chi connectivity index (χ2v) is 2.80. The normalized spacial score (nSPS) is 32.0. The second kappa shape index (κ2) is 3.18. The van der Waals surface area contributed by atoms with Crippen LogP contribution in [0.25, 0.3) is 0 Å². The van der Waals surface area contributed by atoms with Crippen LogP contribution in [-0.2, 0) is 4.74 Å². The fourth-order valence-electron chi connectivity index (χ4n) is 1.20. The summed E-state index contributed by atoms with van der Waals surface area (Å²) in [6.45, 7) is 5.33. The van der Waals surface area contributed by atoms with Crippen LogP contribution in [0.1, 0.15) is 13.3 Å². The molecular weight excluding hydrogens is 114 g/mol. The van der Waals surface area contributed by atoms with E-state index in [1.807, 2.05) is 0 Å². The first-order valence-electron chi connectivity index (χ1n) is 3.59. The first-order valence-corrected chi connectivity index (χ1v) is 3.59. The van der Waals surface area contributed by atoms with Crippen LogP contribution < -0.4 is 0 Å². The molecule has 2 heteroatoms. The van der Waals surface area contributed by atoms with E-state index in [0.717, 1.165) is 13.2 Å². The van der Waals surface area contributed by atoms with Gasteiger partial charge in [0.15, 0.2) is 0 Å². The van der Waals surface area contributed by atoms with E-state index in [-0.39, 0.29) is 0 Å². The molecule has 0 N–H and O–H groups in total. The highest BCUT2D eigenvalue weighted by atomic mass is 16.5. The molecule has 9 heavy (non-hydrogen) atoms. The molecule has 0 spiro atoms. The molecule has 1 heterocycles. The van der Waals surface area contributed by atoms with Gasteiger partial charge in [0, 0.05) is 19.7 Å². The molecule has 1 aliphatic heterocycles. The van der Waals surface area contributed by atoms with E-state index in [0.29, 0.717) is 6.10 Å². The van der Waals surface area contributed by atoms with Crippen LogP contribution in [0.5, 0.6) is 0 Å². The molecule has 2 nitrogen and oxygen atoms in total. The van der Waals surface area contributed by atoms with Gasteiger partial charge < -0.3 is 9.64 Å². The van der Waals surface area contributed by atoms with Crippen molar-refractivity contribution in [2.45, 2.75) is 19.4 Å². The van der Waals surface area contributed by atoms with Crippen molar-refractivity contribution < 1.29 is 4.74 Å². The number of hydrogen-bond donors (Lipinski definition) is 0. The highest BCUT2D eigenvalue weighted by Gasteiger charge is 2.09. The number of likely N-dealkylation sites (N-methyl/N-ethyl adjacent to an activating group) is 1. The first kappa shape index (κ1) is 7.03. The van der Waals surface area contributed by atoms with Crippen molar-refractivity contribution in [2.24, 2.45) is 0 Å². The van der Waals surface area contributed by atoms with E-state index in [1.54, 1.807) is 0 Å². The summed E-state index contributed by atoms with van der Waals surface area (Å²) >= 11 is 0. The maximum absolute atomic E-state index is 5.43. The molecule has 0 amide bonds. The molecule has 1 atom stereocenters. The van der Waals surface area contributed by atoms with Crippen molar-refractivity contribution in [3.05, 3.63) is 0 Å². The predicted octanol–water partition coefficient (Wildman–Crippen LogP) is 0.727. The Morgan fingerprint density at radius 2 is 2.33 bits per heavy atom. The summed E-state index contributed by atoms with van der Waals surface area (Å²) in [7, 11) is 2.14. The van der Waals surface area contributed by atoms with Crippen molar-refractivity contribution in [2.75, 3.05) is 26.7 Å². The first-order chi connectivity index (χ1) is 4.29. The third-order valence-electron chi connectivity index (χ3n) is 1.66. The minimum atomic E-state index is 0.428. The summed E-state index contributed by atoms with van der Waals surface area (Å²) in [6, 6.07) is 0. The van der Waals surface area contributed by atoms with Gasteiger partial charge in [0.05, 0.1) is 6.10 Å². The molecule has 0 unspecified atom stereocenters. The van der Waals surface area contributed by atoms with Crippen LogP contribution in [0.15, 0.2) is 0 Å². The number of hydrogen-bond acceptors (Lipinski definition) is 2. The lowest BCUT2D eigenvalue weighted by Gasteiger charge is -2.14. The van der Waals surface area contributed by atoms with Crippen molar-refractivity contribution in [1.29, 1.82) is 0 Å². The number of nitrogens with zero attached hydrogens (tertiary/aromatic N) is 1. The molecule has 0 radical (unpaired) electrons. The summed E-state index contributed by atoms with van der Waals surface area (Å²) in [6.07, 6.45) is 1.61. The van der Waals surface area contributed by atoms with Crippen LogP contribution in [-0.4, -0.2) is 37.7 Å². The molecule has 1 aliphatic rings. The third kappa shape index (κ3) is 2.33. The minimum Gasteiger partial charge on any atom is -0.377 e. The monoisotopic (exact) mass is 129 g/mol. The van der Waals surface area contributed by atoms with Crippen LogP contribution in [0, 0.1) is 0 Å². The lowest BCUT2D eigenvalue weighted by atomic mass is 10.4. The standard InChI is InChI=1S/C7H15NO/c1-7-6-8(2)4-3-5-9-7/h7H,3-6H2,1-2H3/t7-/m1/s1. The highest BCUT2D eigenvalue weighted by Crippen LogP contribution is 2.01. The maximum atomic E-state index is 5.43. The van der Waals surface area contributed by atoms with Crippen molar-refractivity contribution in [3.8, 4) is 0 Å². The van der Waals surface area contributed by atoms with Crippen LogP contribution >= 0.6 is 0 Å². The van der Waals surface area contributed by atoms with Crippen molar-refractivity contribution >= 4 is 0 Å². The van der Waals surface area contributed by atoms with Gasteiger partial charge >= 0.3 is 0 Å². The minimum absolute atomic E-state index is 0.428. The Hall–Kier alpha value is -0.0800. The zero-order valence-corrected chi connectivity index (χ0v) is 6.26. The molecule has 0 bridgehead atoms. The van der Waals surface area contributed by atoms with Crippen LogP contribution in [0.4, 0.5) is 0 Å². The summed E-state index contributed by atoms with van der Waals surface area (Å²) < 4.78 is 5.43. The number of ether oxygens (including phenoxy) is 1. The Morgan fingerprint density at radius 1 is 1.56 bits per heavy atom. The Bertz CT molecular complexity index is 75.0. The van der Waals surface area contributed by atoms with Gasteiger partial charge in [-0.15, -0.1) is 0 Å². The van der Waals surface area contributed by atoms with Crippen molar-refractivity contribution in [3.63, 3.8) is 0 Å². The molecule has 0 aromatic rings. The van der Waals surface area contributed by atoms with Gasteiger partial charge in [-0.2, -0.15) is 0 Å². The van der Waals surface area contributed by atoms with Gasteiger partial charge in [-0.25, -0.2) is 0 Å². The quantitative estimate of drug-likeness (QED) is 0.478. The summed E-state index contributed by atoms with van der Waals surface area (Å²) in [5.41, 5.74) is 0. The Kier molecular flexibility index (Phi) is 2.49. The zero-order chi connectivity index (χ0) is 6.69. The Balaban J connectivity index is 2.29. The lowest BCUT2D eigenvalue weighted by Crippen LogP contribution is -2.25. The summed E-state index contributed by atoms with van der Waals surface area (Å²) in [4.78, 5) is 2.32. The topological polar surface area (TPSA) is 12.5 Å². The van der Waals surface area contributed by atoms with Crippen molar-refractivity contribution in [1.82, 2.24) is 4.90 Å². The third-order valence-corrected chi connectivity index (χ3v) is 1.66. The van der Waals surface area contributed by atoms with Crippen LogP contribution in [0.3, 0.4) is 0 Å². The second-order valence-electron chi connectivity index (χ2n) is 2.80. The average molecular weight is 129 g/mol. The van der Waals surface area contributed by atoms with Gasteiger partial charge in [-0.1, -0.05) is 0 Å². The smallest absolute Gasteiger partial charge is 0.0673 e. The van der Waals surface area contributed by atoms with Crippen LogP contribution in [0.2, 0.25) is 0 Å². The molecule has 1 rings (SSSR count). The summed E-state index contributed by atoms with van der Waals surface area (Å²) in [5, 5.41) is 0. The Morgan fingerprint density at radius 3 is 3.11 bits per heavy atom. The van der Waals surface area contributed by atoms with Gasteiger partial charge in [-0.3, -0.25) is 0 Å². The highest BCUT2D eigenvalue weighted by molar-refractivity contribution is 4.61. The SMILES string of the molecule is C[C@@H]1CN(C)CCCO1. The lowest BCUT2D eigenvalue weighted by molar-refractivity contribution is 0.0709. The molecule has 1 saturated heterocycles. The van der Waals surface area contributed by atoms with Gasteiger partial charge in [-0.05, 0) is 20.4 Å². The fourth-order valence-corrected chi connectivity index (χ4v) is 1.20. The molecular formula is C7H15NO. The van der Waals surface area contributed by atoms with E-state index in [9.17, 15) is 0 Å². The van der Waals surface area contributed by atoms with Gasteiger partial charge in [0.1, 0.15) is 0 Å². The number of rotatable bonds is 0. The molecule has 1 fully saturated rings.